The lowest BCUT2D eigenvalue weighted by Gasteiger charge is -2.41. The number of rotatable bonds is 4. The molecule has 0 fully saturated rings. The van der Waals surface area contributed by atoms with E-state index < -0.39 is 0 Å². The Labute approximate surface area is 370 Å². The second kappa shape index (κ2) is 13.6. The first-order valence-electron chi connectivity index (χ1n) is 21.9. The number of hydrogen-bond acceptors (Lipinski definition) is 4. The van der Waals surface area contributed by atoms with Crippen LogP contribution in [0.2, 0.25) is 0 Å². The molecule has 0 saturated heterocycles. The number of para-hydroxylation sites is 1. The number of anilines is 6. The van der Waals surface area contributed by atoms with Gasteiger partial charge in [-0.3, -0.25) is 0 Å². The van der Waals surface area contributed by atoms with E-state index in [2.05, 4.69) is 217 Å². The quantitative estimate of drug-likeness (QED) is 0.165. The Morgan fingerprint density at radius 2 is 1.21 bits per heavy atom. The molecule has 2 aliphatic rings. The van der Waals surface area contributed by atoms with Crippen molar-refractivity contribution in [2.24, 2.45) is 7.05 Å². The van der Waals surface area contributed by atoms with Crippen LogP contribution in [-0.4, -0.2) is 11.3 Å². The van der Waals surface area contributed by atoms with Gasteiger partial charge in [-0.15, -0.1) is 11.3 Å². The average Bonchev–Trinajstić information content (AvgIpc) is 3.76. The van der Waals surface area contributed by atoms with Crippen LogP contribution in [0.25, 0.3) is 31.9 Å². The molecule has 0 radical (unpaired) electrons. The summed E-state index contributed by atoms with van der Waals surface area (Å²) in [5, 5.41) is 3.72. The first-order chi connectivity index (χ1) is 29.7. The largest absolute Gasteiger partial charge is 0.457 e. The van der Waals surface area contributed by atoms with Crippen LogP contribution in [0.5, 0.6) is 11.5 Å². The highest BCUT2D eigenvalue weighted by molar-refractivity contribution is 7.33. The van der Waals surface area contributed by atoms with Crippen LogP contribution in [0.1, 0.15) is 69.4 Å². The third kappa shape index (κ3) is 5.86. The van der Waals surface area contributed by atoms with Crippen molar-refractivity contribution in [3.8, 4) is 11.5 Å². The molecule has 11 rings (SSSR count). The van der Waals surface area contributed by atoms with Crippen molar-refractivity contribution in [2.45, 2.75) is 73.1 Å². The predicted molar refractivity (Wildman–Crippen MR) is 268 cm³/mol. The Hall–Kier alpha value is -6.24. The van der Waals surface area contributed by atoms with E-state index >= 15 is 0 Å². The summed E-state index contributed by atoms with van der Waals surface area (Å²) in [6, 6.07) is 50.4. The normalized spacial score (nSPS) is 13.4. The van der Waals surface area contributed by atoms with Crippen molar-refractivity contribution in [1.29, 1.82) is 0 Å². The summed E-state index contributed by atoms with van der Waals surface area (Å²) in [5.41, 5.74) is 18.1. The maximum Gasteiger partial charge on any atom is 0.269 e. The zero-order chi connectivity index (χ0) is 43.0. The van der Waals surface area contributed by atoms with E-state index in [1.54, 1.807) is 0 Å². The van der Waals surface area contributed by atoms with Gasteiger partial charge in [0.2, 0.25) is 0 Å². The van der Waals surface area contributed by atoms with E-state index in [-0.39, 0.29) is 17.5 Å². The molecule has 2 aliphatic heterocycles. The Balaban J connectivity index is 1.31. The molecule has 0 unspecified atom stereocenters. The summed E-state index contributed by atoms with van der Waals surface area (Å²) in [5.74, 6) is 1.94. The summed E-state index contributed by atoms with van der Waals surface area (Å²) in [7, 11) is 2.25. The van der Waals surface area contributed by atoms with E-state index in [0.29, 0.717) is 0 Å². The Kier molecular flexibility index (Phi) is 8.50. The Bertz CT molecular complexity index is 3220. The molecule has 0 saturated carbocycles. The molecule has 0 spiro atoms. The number of hydrogen-bond donors (Lipinski definition) is 0. The van der Waals surface area contributed by atoms with Crippen molar-refractivity contribution in [3.63, 3.8) is 0 Å². The minimum atomic E-state index is -0.0607. The van der Waals surface area contributed by atoms with Crippen LogP contribution in [0.15, 0.2) is 133 Å². The molecule has 2 aromatic heterocycles. The van der Waals surface area contributed by atoms with Crippen LogP contribution in [-0.2, 0) is 17.9 Å². The second-order valence-corrected chi connectivity index (χ2v) is 20.8. The summed E-state index contributed by atoms with van der Waals surface area (Å²) in [4.78, 5) is 5.01. The smallest absolute Gasteiger partial charge is 0.269 e. The monoisotopic (exact) mass is 825 g/mol. The fourth-order valence-electron chi connectivity index (χ4n) is 10.0. The SMILES string of the molecule is Cc1ccc(N(c2ccc(C)cc2)c2cc3c(c4c5ccccc5n(C)c24)B2c4sc5ccc(C(C)(C)C)cc5c4Oc4cc(C)cc(c42)N3c2ccc(C(C)(C)C)cc2)cc1. The Morgan fingerprint density at radius 1 is 0.597 bits per heavy atom. The maximum absolute atomic E-state index is 7.26. The van der Waals surface area contributed by atoms with E-state index in [9.17, 15) is 0 Å². The number of benzene rings is 7. The highest BCUT2D eigenvalue weighted by Crippen LogP contribution is 2.50. The van der Waals surface area contributed by atoms with Gasteiger partial charge in [0.05, 0.1) is 11.2 Å². The third-order valence-corrected chi connectivity index (χ3v) is 14.5. The van der Waals surface area contributed by atoms with Gasteiger partial charge < -0.3 is 19.1 Å². The van der Waals surface area contributed by atoms with E-state index in [0.717, 1.165) is 34.2 Å². The molecule has 0 aliphatic carbocycles. The van der Waals surface area contributed by atoms with Gasteiger partial charge >= 0.3 is 0 Å². The maximum atomic E-state index is 7.26. The average molecular weight is 826 g/mol. The summed E-state index contributed by atoms with van der Waals surface area (Å²) >= 11 is 1.89. The zero-order valence-electron chi connectivity index (χ0n) is 37.4. The van der Waals surface area contributed by atoms with Gasteiger partial charge in [0, 0.05) is 66.6 Å². The minimum Gasteiger partial charge on any atom is -0.457 e. The fraction of sp³-hybridized carbons (Fsp3) is 0.214. The van der Waals surface area contributed by atoms with Gasteiger partial charge in [0.25, 0.3) is 6.71 Å². The molecular weight excluding hydrogens is 774 g/mol. The van der Waals surface area contributed by atoms with Crippen LogP contribution >= 0.6 is 11.3 Å². The van der Waals surface area contributed by atoms with Gasteiger partial charge in [0.1, 0.15) is 11.5 Å². The van der Waals surface area contributed by atoms with Crippen molar-refractivity contribution in [2.75, 3.05) is 9.80 Å². The Morgan fingerprint density at radius 3 is 1.85 bits per heavy atom. The van der Waals surface area contributed by atoms with Crippen molar-refractivity contribution in [1.82, 2.24) is 4.57 Å². The van der Waals surface area contributed by atoms with Crippen LogP contribution in [0.4, 0.5) is 34.1 Å². The van der Waals surface area contributed by atoms with Gasteiger partial charge in [-0.25, -0.2) is 0 Å². The van der Waals surface area contributed by atoms with E-state index in [4.69, 9.17) is 4.74 Å². The molecular formula is C56H52BN3OS. The lowest BCUT2D eigenvalue weighted by atomic mass is 9.36. The number of nitrogens with zero attached hydrogens (tertiary/aromatic N) is 3. The number of aromatic nitrogens is 1. The summed E-state index contributed by atoms with van der Waals surface area (Å²) in [6.45, 7) is 20.2. The van der Waals surface area contributed by atoms with Crippen LogP contribution < -0.4 is 30.2 Å². The predicted octanol–water partition coefficient (Wildman–Crippen LogP) is 13.9. The molecule has 62 heavy (non-hydrogen) atoms. The summed E-state index contributed by atoms with van der Waals surface area (Å²) in [6.07, 6.45) is 0. The summed E-state index contributed by atoms with van der Waals surface area (Å²) < 4.78 is 12.2. The molecule has 4 nitrogen and oxygen atoms in total. The molecule has 0 bridgehead atoms. The number of thiophene rings is 1. The molecule has 0 amide bonds. The highest BCUT2D eigenvalue weighted by Gasteiger charge is 2.46. The standard InChI is InChI=1S/C56H52BN3OS/c1-33-15-22-38(23-16-33)59(39-24-17-34(2)18-25-39)46-32-45-51(49-41-13-11-12-14-43(41)58(10)52(46)49)57-50-44(60(45)40-26-19-36(20-27-40)55(4,5)6)29-35(3)30-47(50)61-53-42-31-37(56(7,8)9)21-28-48(42)62-54(53)57/h11-32H,1-10H3. The van der Waals surface area contributed by atoms with E-state index in [1.165, 1.54) is 86.8 Å². The van der Waals surface area contributed by atoms with Crippen molar-refractivity contribution in [3.05, 3.63) is 161 Å². The fourth-order valence-corrected chi connectivity index (χ4v) is 11.3. The van der Waals surface area contributed by atoms with Crippen molar-refractivity contribution < 1.29 is 4.74 Å². The van der Waals surface area contributed by atoms with Crippen molar-refractivity contribution >= 4 is 99.8 Å². The molecule has 306 valence electrons. The molecule has 0 N–H and O–H groups in total. The van der Waals surface area contributed by atoms with Crippen LogP contribution in [0.3, 0.4) is 0 Å². The van der Waals surface area contributed by atoms with Gasteiger partial charge in [0.15, 0.2) is 0 Å². The number of aryl methyl sites for hydroxylation is 4. The third-order valence-electron chi connectivity index (χ3n) is 13.3. The molecule has 9 aromatic rings. The first-order valence-corrected chi connectivity index (χ1v) is 22.7. The zero-order valence-corrected chi connectivity index (χ0v) is 38.3. The minimum absolute atomic E-state index is 0.00606. The van der Waals surface area contributed by atoms with E-state index in [1.807, 2.05) is 11.3 Å². The number of ether oxygens (including phenoxy) is 1. The van der Waals surface area contributed by atoms with Crippen LogP contribution in [0, 0.1) is 20.8 Å². The molecule has 7 aromatic carbocycles. The number of fused-ring (bicyclic) bond motifs is 10. The lowest BCUT2D eigenvalue weighted by molar-refractivity contribution is 0.494. The second-order valence-electron chi connectivity index (χ2n) is 19.8. The highest BCUT2D eigenvalue weighted by atomic mass is 32.1. The molecule has 6 heteroatoms. The molecule has 0 atom stereocenters. The van der Waals surface area contributed by atoms with Gasteiger partial charge in [-0.05, 0) is 132 Å². The van der Waals surface area contributed by atoms with Gasteiger partial charge in [-0.2, -0.15) is 0 Å². The lowest BCUT2D eigenvalue weighted by Crippen LogP contribution is -2.59. The first kappa shape index (κ1) is 38.7. The van der Waals surface area contributed by atoms with Gasteiger partial charge in [-0.1, -0.05) is 113 Å². The molecule has 4 heterocycles. The topological polar surface area (TPSA) is 20.6 Å².